The van der Waals surface area contributed by atoms with E-state index in [1.54, 1.807) is 16.9 Å². The molecule has 0 saturated carbocycles. The van der Waals surface area contributed by atoms with Gasteiger partial charge in [0.1, 0.15) is 22.8 Å². The van der Waals surface area contributed by atoms with Gasteiger partial charge >= 0.3 is 0 Å². The highest BCUT2D eigenvalue weighted by molar-refractivity contribution is 5.99. The molecule has 1 unspecified atom stereocenters. The summed E-state index contributed by atoms with van der Waals surface area (Å²) in [4.78, 5) is 35.7. The molecule has 0 N–H and O–H groups in total. The lowest BCUT2D eigenvalue weighted by atomic mass is 10.1. The number of hydrogen-bond acceptors (Lipinski definition) is 6. The van der Waals surface area contributed by atoms with E-state index < -0.39 is 0 Å². The Morgan fingerprint density at radius 3 is 2.66 bits per heavy atom. The molecule has 2 aliphatic heterocycles. The summed E-state index contributed by atoms with van der Waals surface area (Å²) < 4.78 is 17.3. The van der Waals surface area contributed by atoms with Crippen LogP contribution in [0.15, 0.2) is 55.2 Å². The van der Waals surface area contributed by atoms with Crippen LogP contribution in [0.1, 0.15) is 36.0 Å². The van der Waals surface area contributed by atoms with Crippen LogP contribution in [-0.2, 0) is 23.1 Å². The van der Waals surface area contributed by atoms with Crippen LogP contribution < -0.4 is 4.74 Å². The van der Waals surface area contributed by atoms with Crippen molar-refractivity contribution in [3.63, 3.8) is 0 Å². The van der Waals surface area contributed by atoms with Gasteiger partial charge in [0.15, 0.2) is 0 Å². The van der Waals surface area contributed by atoms with Crippen LogP contribution in [0, 0.1) is 5.92 Å². The summed E-state index contributed by atoms with van der Waals surface area (Å²) in [6.07, 6.45) is 12.2. The molecule has 2 aliphatic rings. The molecular formula is C30H37N7O4. The molecule has 1 aromatic carbocycles. The zero-order valence-corrected chi connectivity index (χ0v) is 23.5. The SMILES string of the molecule is Cn1ccn2ncc(C(=O)N3CCCCN(C(=O)C4CCOC4)CCCOc4cccc(c4)-c4nccn4CC3)c12. The van der Waals surface area contributed by atoms with Crippen molar-refractivity contribution >= 4 is 17.5 Å². The Labute approximate surface area is 239 Å². The van der Waals surface area contributed by atoms with Gasteiger partial charge in [0.05, 0.1) is 25.3 Å². The van der Waals surface area contributed by atoms with Gasteiger partial charge in [-0.25, -0.2) is 9.50 Å². The summed E-state index contributed by atoms with van der Waals surface area (Å²) in [7, 11) is 1.92. The minimum absolute atomic E-state index is 0.0483. The van der Waals surface area contributed by atoms with Crippen LogP contribution in [0.3, 0.4) is 0 Å². The topological polar surface area (TPSA) is 99.1 Å². The van der Waals surface area contributed by atoms with Crippen LogP contribution in [0.4, 0.5) is 0 Å². The first-order valence-electron chi connectivity index (χ1n) is 14.5. The third-order valence-electron chi connectivity index (χ3n) is 8.01. The van der Waals surface area contributed by atoms with Crippen LogP contribution in [-0.4, -0.2) is 91.3 Å². The van der Waals surface area contributed by atoms with Crippen molar-refractivity contribution in [3.8, 4) is 17.1 Å². The number of imidazole rings is 2. The molecule has 5 heterocycles. The molecule has 2 bridgehead atoms. The van der Waals surface area contributed by atoms with Crippen LogP contribution in [0.2, 0.25) is 0 Å². The minimum Gasteiger partial charge on any atom is -0.494 e. The molecule has 41 heavy (non-hydrogen) atoms. The fraction of sp³-hybridized carbons (Fsp3) is 0.467. The maximum absolute atomic E-state index is 13.9. The average Bonchev–Trinajstić information content (AvgIpc) is 3.80. The number of benzene rings is 1. The van der Waals surface area contributed by atoms with Crippen molar-refractivity contribution in [2.45, 2.75) is 32.2 Å². The highest BCUT2D eigenvalue weighted by atomic mass is 16.5. The zero-order chi connectivity index (χ0) is 28.2. The molecule has 2 amide bonds. The van der Waals surface area contributed by atoms with E-state index in [-0.39, 0.29) is 17.7 Å². The Bertz CT molecular complexity index is 1500. The Hall–Kier alpha value is -4.12. The second-order valence-electron chi connectivity index (χ2n) is 10.8. The van der Waals surface area contributed by atoms with Crippen LogP contribution in [0.5, 0.6) is 5.75 Å². The Balaban J connectivity index is 1.26. The van der Waals surface area contributed by atoms with Crippen LogP contribution in [0.25, 0.3) is 17.0 Å². The monoisotopic (exact) mass is 559 g/mol. The maximum Gasteiger partial charge on any atom is 0.259 e. The molecule has 11 heteroatoms. The maximum atomic E-state index is 13.9. The minimum atomic E-state index is -0.0721. The van der Waals surface area contributed by atoms with Crippen molar-refractivity contribution in [3.05, 3.63) is 60.8 Å². The van der Waals surface area contributed by atoms with Gasteiger partial charge in [0.2, 0.25) is 5.91 Å². The molecule has 1 fully saturated rings. The lowest BCUT2D eigenvalue weighted by molar-refractivity contribution is -0.135. The zero-order valence-electron chi connectivity index (χ0n) is 23.5. The van der Waals surface area contributed by atoms with Gasteiger partial charge in [0, 0.05) is 76.7 Å². The van der Waals surface area contributed by atoms with Gasteiger partial charge in [-0.05, 0) is 37.8 Å². The third kappa shape index (κ3) is 5.85. The van der Waals surface area contributed by atoms with Gasteiger partial charge in [-0.15, -0.1) is 0 Å². The molecule has 11 nitrogen and oxygen atoms in total. The number of aryl methyl sites for hydroxylation is 1. The molecule has 4 aromatic rings. The van der Waals surface area contributed by atoms with Crippen molar-refractivity contribution in [2.24, 2.45) is 13.0 Å². The number of amides is 2. The highest BCUT2D eigenvalue weighted by Gasteiger charge is 2.28. The summed E-state index contributed by atoms with van der Waals surface area (Å²) in [5, 5.41) is 4.39. The number of fused-ring (bicyclic) bond motifs is 5. The van der Waals surface area contributed by atoms with Gasteiger partial charge in [-0.3, -0.25) is 9.59 Å². The number of carbonyl (C=O) groups excluding carboxylic acids is 2. The molecular weight excluding hydrogens is 522 g/mol. The number of aromatic nitrogens is 5. The number of ether oxygens (including phenoxy) is 2. The molecule has 1 atom stereocenters. The second kappa shape index (κ2) is 12.2. The number of nitrogens with zero attached hydrogens (tertiary/aromatic N) is 7. The second-order valence-corrected chi connectivity index (χ2v) is 10.8. The highest BCUT2D eigenvalue weighted by Crippen LogP contribution is 2.24. The summed E-state index contributed by atoms with van der Waals surface area (Å²) in [5.74, 6) is 1.64. The third-order valence-corrected chi connectivity index (χ3v) is 8.01. The van der Waals surface area contributed by atoms with Crippen molar-refractivity contribution in [2.75, 3.05) is 46.0 Å². The van der Waals surface area contributed by atoms with E-state index in [0.717, 1.165) is 48.5 Å². The molecule has 0 spiro atoms. The van der Waals surface area contributed by atoms with E-state index in [2.05, 4.69) is 14.6 Å². The van der Waals surface area contributed by atoms with E-state index in [4.69, 9.17) is 9.47 Å². The molecule has 0 aliphatic carbocycles. The molecule has 216 valence electrons. The lowest BCUT2D eigenvalue weighted by Crippen LogP contribution is -2.39. The van der Waals surface area contributed by atoms with E-state index >= 15 is 0 Å². The van der Waals surface area contributed by atoms with Gasteiger partial charge in [0.25, 0.3) is 5.91 Å². The normalized spacial score (nSPS) is 19.1. The van der Waals surface area contributed by atoms with Crippen molar-refractivity contribution < 1.29 is 19.1 Å². The first-order valence-corrected chi connectivity index (χ1v) is 14.5. The van der Waals surface area contributed by atoms with E-state index in [9.17, 15) is 9.59 Å². The summed E-state index contributed by atoms with van der Waals surface area (Å²) >= 11 is 0. The van der Waals surface area contributed by atoms with Crippen molar-refractivity contribution in [1.82, 2.24) is 33.5 Å². The number of hydrogen-bond donors (Lipinski definition) is 0. The number of carbonyl (C=O) groups is 2. The standard InChI is InChI=1S/C30H37N7O4/c1-33-14-17-37-28(33)26(21-32-37)30(39)36-11-3-2-10-35(29(38)24-8-19-40-22-24)12-5-18-41-25-7-4-6-23(20-25)27-31-9-13-34(27)15-16-36/h4,6-7,9,13-14,17,20-21,24H,2-3,5,8,10-12,15-16,18-19,22H2,1H3. The fourth-order valence-corrected chi connectivity index (χ4v) is 5.76. The van der Waals surface area contributed by atoms with Gasteiger partial charge in [-0.2, -0.15) is 5.10 Å². The molecule has 6 rings (SSSR count). The predicted octanol–water partition coefficient (Wildman–Crippen LogP) is 3.11. The average molecular weight is 560 g/mol. The molecule has 0 radical (unpaired) electrons. The van der Waals surface area contributed by atoms with E-state index in [1.165, 1.54) is 0 Å². The predicted molar refractivity (Wildman–Crippen MR) is 153 cm³/mol. The van der Waals surface area contributed by atoms with Gasteiger partial charge < -0.3 is 28.4 Å². The first-order chi connectivity index (χ1) is 20.1. The Morgan fingerprint density at radius 2 is 1.80 bits per heavy atom. The summed E-state index contributed by atoms with van der Waals surface area (Å²) in [6.45, 7) is 4.62. The van der Waals surface area contributed by atoms with E-state index in [0.29, 0.717) is 58.1 Å². The van der Waals surface area contributed by atoms with Gasteiger partial charge in [-0.1, -0.05) is 12.1 Å². The van der Waals surface area contributed by atoms with E-state index in [1.807, 2.05) is 64.3 Å². The fourth-order valence-electron chi connectivity index (χ4n) is 5.76. The van der Waals surface area contributed by atoms with Crippen LogP contribution >= 0.6 is 0 Å². The molecule has 3 aromatic heterocycles. The lowest BCUT2D eigenvalue weighted by Gasteiger charge is -2.27. The summed E-state index contributed by atoms with van der Waals surface area (Å²) in [5.41, 5.74) is 2.31. The molecule has 1 saturated heterocycles. The Morgan fingerprint density at radius 1 is 0.951 bits per heavy atom. The smallest absolute Gasteiger partial charge is 0.259 e. The summed E-state index contributed by atoms with van der Waals surface area (Å²) in [6, 6.07) is 7.93. The first kappa shape index (κ1) is 27.1. The largest absolute Gasteiger partial charge is 0.494 e. The van der Waals surface area contributed by atoms with Crippen molar-refractivity contribution in [1.29, 1.82) is 0 Å². The Kier molecular flexibility index (Phi) is 8.04. The number of rotatable bonds is 2. The quantitative estimate of drug-likeness (QED) is 0.374.